The molecular weight excluding hydrogens is 326 g/mol. The second kappa shape index (κ2) is 6.24. The van der Waals surface area contributed by atoms with Gasteiger partial charge in [-0.15, -0.1) is 5.10 Å². The van der Waals surface area contributed by atoms with Gasteiger partial charge in [0.1, 0.15) is 0 Å². The van der Waals surface area contributed by atoms with Crippen LogP contribution in [-0.2, 0) is 15.6 Å². The van der Waals surface area contributed by atoms with E-state index in [0.29, 0.717) is 26.2 Å². The molecule has 3 heterocycles. The standard InChI is InChI=1S/C16H27N5O2S/c1-16(2,3)14-7-8-15(18-17-14)20-11-13(12-20)19(4)24(22,23)21-9-5-6-10-21/h7-8,13H,5-6,9-12H2,1-4H3. The maximum atomic E-state index is 12.6. The largest absolute Gasteiger partial charge is 0.352 e. The van der Waals surface area contributed by atoms with Crippen LogP contribution in [-0.4, -0.2) is 66.5 Å². The first-order chi connectivity index (χ1) is 11.2. The van der Waals surface area contributed by atoms with Crippen LogP contribution in [0.4, 0.5) is 5.82 Å². The van der Waals surface area contributed by atoms with Gasteiger partial charge in [0.05, 0.1) is 11.7 Å². The average Bonchev–Trinajstić information content (AvgIpc) is 3.00. The Balaban J connectivity index is 1.60. The molecule has 0 N–H and O–H groups in total. The molecular formula is C16H27N5O2S. The molecule has 8 heteroatoms. The fourth-order valence-corrected chi connectivity index (χ4v) is 4.65. The van der Waals surface area contributed by atoms with Crippen LogP contribution in [0.5, 0.6) is 0 Å². The van der Waals surface area contributed by atoms with Crippen LogP contribution in [0.2, 0.25) is 0 Å². The van der Waals surface area contributed by atoms with Gasteiger partial charge in [0.15, 0.2) is 5.82 Å². The second-order valence-electron chi connectivity index (χ2n) is 7.72. The molecule has 2 aliphatic heterocycles. The van der Waals surface area contributed by atoms with Crippen molar-refractivity contribution < 1.29 is 8.42 Å². The third-order valence-corrected chi connectivity index (χ3v) is 6.92. The molecule has 7 nitrogen and oxygen atoms in total. The van der Waals surface area contributed by atoms with Crippen LogP contribution >= 0.6 is 0 Å². The second-order valence-corrected chi connectivity index (χ2v) is 9.70. The highest BCUT2D eigenvalue weighted by Crippen LogP contribution is 2.26. The van der Waals surface area contributed by atoms with E-state index in [1.807, 2.05) is 12.1 Å². The van der Waals surface area contributed by atoms with Crippen molar-refractivity contribution in [1.29, 1.82) is 0 Å². The summed E-state index contributed by atoms with van der Waals surface area (Å²) in [6.45, 7) is 8.92. The molecule has 0 unspecified atom stereocenters. The van der Waals surface area contributed by atoms with E-state index in [2.05, 4.69) is 35.9 Å². The Morgan fingerprint density at radius 2 is 1.75 bits per heavy atom. The van der Waals surface area contributed by atoms with E-state index in [0.717, 1.165) is 24.4 Å². The van der Waals surface area contributed by atoms with Gasteiger partial charge >= 0.3 is 0 Å². The Labute approximate surface area is 144 Å². The summed E-state index contributed by atoms with van der Waals surface area (Å²) in [7, 11) is -1.64. The minimum atomic E-state index is -3.33. The minimum absolute atomic E-state index is 0.000285. The lowest BCUT2D eigenvalue weighted by molar-refractivity contribution is 0.287. The van der Waals surface area contributed by atoms with Gasteiger partial charge < -0.3 is 4.90 Å². The molecule has 1 aromatic rings. The Morgan fingerprint density at radius 3 is 2.25 bits per heavy atom. The van der Waals surface area contributed by atoms with E-state index in [1.165, 1.54) is 4.31 Å². The fraction of sp³-hybridized carbons (Fsp3) is 0.750. The Morgan fingerprint density at radius 1 is 1.12 bits per heavy atom. The summed E-state index contributed by atoms with van der Waals surface area (Å²) in [5.41, 5.74) is 0.935. The normalized spacial score (nSPS) is 20.6. The van der Waals surface area contributed by atoms with Gasteiger partial charge in [0.2, 0.25) is 0 Å². The summed E-state index contributed by atoms with van der Waals surface area (Å²) < 4.78 is 28.3. The third kappa shape index (κ3) is 3.27. The van der Waals surface area contributed by atoms with E-state index in [4.69, 9.17) is 0 Å². The summed E-state index contributed by atoms with van der Waals surface area (Å²) in [6, 6.07) is 3.97. The van der Waals surface area contributed by atoms with Crippen molar-refractivity contribution in [2.75, 3.05) is 38.1 Å². The Kier molecular flexibility index (Phi) is 4.57. The molecule has 0 aliphatic carbocycles. The average molecular weight is 353 g/mol. The van der Waals surface area contributed by atoms with E-state index < -0.39 is 10.2 Å². The molecule has 2 saturated heterocycles. The van der Waals surface area contributed by atoms with Gasteiger partial charge in [-0.2, -0.15) is 22.1 Å². The molecule has 0 atom stereocenters. The van der Waals surface area contributed by atoms with Crippen molar-refractivity contribution in [3.8, 4) is 0 Å². The predicted octanol–water partition coefficient (Wildman–Crippen LogP) is 1.24. The van der Waals surface area contributed by atoms with Crippen molar-refractivity contribution in [2.45, 2.75) is 45.1 Å². The molecule has 0 saturated carbocycles. The van der Waals surface area contributed by atoms with Crippen molar-refractivity contribution in [3.63, 3.8) is 0 Å². The first kappa shape index (κ1) is 17.6. The van der Waals surface area contributed by atoms with Crippen molar-refractivity contribution >= 4 is 16.0 Å². The van der Waals surface area contributed by atoms with E-state index >= 15 is 0 Å². The highest BCUT2D eigenvalue weighted by Gasteiger charge is 2.39. The summed E-state index contributed by atoms with van der Waals surface area (Å²) in [4.78, 5) is 2.07. The van der Waals surface area contributed by atoms with Gasteiger partial charge in [-0.05, 0) is 25.0 Å². The molecule has 134 valence electrons. The number of nitrogens with zero attached hydrogens (tertiary/aromatic N) is 5. The number of rotatable bonds is 4. The summed E-state index contributed by atoms with van der Waals surface area (Å²) in [6.07, 6.45) is 1.92. The lowest BCUT2D eigenvalue weighted by atomic mass is 9.92. The van der Waals surface area contributed by atoms with E-state index in [9.17, 15) is 8.42 Å². The Hall–Kier alpha value is -1.25. The van der Waals surface area contributed by atoms with Crippen molar-refractivity contribution in [3.05, 3.63) is 17.8 Å². The zero-order valence-corrected chi connectivity index (χ0v) is 15.8. The lowest BCUT2D eigenvalue weighted by Crippen LogP contribution is -2.61. The van der Waals surface area contributed by atoms with Gasteiger partial charge in [-0.1, -0.05) is 20.8 Å². The number of hydrogen-bond donors (Lipinski definition) is 0. The number of hydrogen-bond acceptors (Lipinski definition) is 5. The maximum absolute atomic E-state index is 12.6. The van der Waals surface area contributed by atoms with Crippen molar-refractivity contribution in [1.82, 2.24) is 18.8 Å². The molecule has 0 spiro atoms. The van der Waals surface area contributed by atoms with Gasteiger partial charge in [0.25, 0.3) is 10.2 Å². The SMILES string of the molecule is CN(C1CN(c2ccc(C(C)(C)C)nn2)C1)S(=O)(=O)N1CCCC1. The molecule has 2 aliphatic rings. The summed E-state index contributed by atoms with van der Waals surface area (Å²) >= 11 is 0. The van der Waals surface area contributed by atoms with E-state index in [-0.39, 0.29) is 11.5 Å². The number of aromatic nitrogens is 2. The zero-order chi connectivity index (χ0) is 17.5. The van der Waals surface area contributed by atoms with Crippen LogP contribution in [0.25, 0.3) is 0 Å². The molecule has 0 aromatic carbocycles. The minimum Gasteiger partial charge on any atom is -0.352 e. The molecule has 24 heavy (non-hydrogen) atoms. The quantitative estimate of drug-likeness (QED) is 0.814. The third-order valence-electron chi connectivity index (χ3n) is 4.87. The maximum Gasteiger partial charge on any atom is 0.282 e. The van der Waals surface area contributed by atoms with Gasteiger partial charge in [-0.25, -0.2) is 0 Å². The van der Waals surface area contributed by atoms with Crippen LogP contribution in [0, 0.1) is 0 Å². The highest BCUT2D eigenvalue weighted by molar-refractivity contribution is 7.86. The molecule has 1 aromatic heterocycles. The van der Waals surface area contributed by atoms with Crippen LogP contribution in [0.1, 0.15) is 39.3 Å². The van der Waals surface area contributed by atoms with Crippen LogP contribution in [0.3, 0.4) is 0 Å². The Bertz CT molecular complexity index is 671. The lowest BCUT2D eigenvalue weighted by Gasteiger charge is -2.44. The smallest absolute Gasteiger partial charge is 0.282 e. The molecule has 0 bridgehead atoms. The molecule has 3 rings (SSSR count). The molecule has 0 amide bonds. The summed E-state index contributed by atoms with van der Waals surface area (Å²) in [5, 5.41) is 8.60. The monoisotopic (exact) mass is 353 g/mol. The first-order valence-corrected chi connectivity index (χ1v) is 9.91. The van der Waals surface area contributed by atoms with E-state index in [1.54, 1.807) is 11.4 Å². The first-order valence-electron chi connectivity index (χ1n) is 8.52. The van der Waals surface area contributed by atoms with Crippen LogP contribution < -0.4 is 4.90 Å². The predicted molar refractivity (Wildman–Crippen MR) is 94.2 cm³/mol. The summed E-state index contributed by atoms with van der Waals surface area (Å²) in [5.74, 6) is 0.811. The topological polar surface area (TPSA) is 69.6 Å². The number of likely N-dealkylation sites (N-methyl/N-ethyl adjacent to an activating group) is 1. The zero-order valence-electron chi connectivity index (χ0n) is 14.9. The fourth-order valence-electron chi connectivity index (χ4n) is 3.06. The molecule has 2 fully saturated rings. The van der Waals surface area contributed by atoms with Gasteiger partial charge in [0, 0.05) is 38.6 Å². The number of anilines is 1. The van der Waals surface area contributed by atoms with Crippen molar-refractivity contribution in [2.24, 2.45) is 0 Å². The highest BCUT2D eigenvalue weighted by atomic mass is 32.2. The van der Waals surface area contributed by atoms with Gasteiger partial charge in [-0.3, -0.25) is 0 Å². The van der Waals surface area contributed by atoms with Crippen LogP contribution in [0.15, 0.2) is 12.1 Å². The molecule has 0 radical (unpaired) electrons.